The van der Waals surface area contributed by atoms with Crippen LogP contribution in [0, 0.1) is 0 Å². The van der Waals surface area contributed by atoms with Crippen LogP contribution >= 0.6 is 63.9 Å². The summed E-state index contributed by atoms with van der Waals surface area (Å²) >= 11 is 3.57. The molecule has 8 nitrogen and oxygen atoms in total. The number of fused-ring (bicyclic) bond motifs is 2. The minimum atomic E-state index is -3.06. The van der Waals surface area contributed by atoms with Gasteiger partial charge in [0.05, 0.1) is 30.4 Å². The SMILES string of the molecule is CCCO[Si](OCCC)(OCCC)C(C)C(CSSSSCC(c1nc2ccccc2s1)C(C)[Si](OCCC)(OCCC)OCCC)c1nc2ccccc2s1. The van der Waals surface area contributed by atoms with E-state index in [1.54, 1.807) is 22.7 Å². The van der Waals surface area contributed by atoms with Crippen LogP contribution in [0.25, 0.3) is 20.4 Å². The van der Waals surface area contributed by atoms with Crippen molar-refractivity contribution >= 4 is 102 Å². The molecular weight excluding hydrogens is 853 g/mol. The van der Waals surface area contributed by atoms with Gasteiger partial charge in [0, 0.05) is 74.1 Å². The lowest BCUT2D eigenvalue weighted by atomic mass is 10.1. The van der Waals surface area contributed by atoms with Gasteiger partial charge in [-0.1, -0.05) is 101 Å². The minimum Gasteiger partial charge on any atom is -0.373 e. The minimum absolute atomic E-state index is 0.0372. The first-order valence-corrected chi connectivity index (χ1v) is 30.8. The number of hydrogen-bond donors (Lipinski definition) is 0. The van der Waals surface area contributed by atoms with Crippen LogP contribution in [0.5, 0.6) is 0 Å². The van der Waals surface area contributed by atoms with Gasteiger partial charge < -0.3 is 26.6 Å². The van der Waals surface area contributed by atoms with Gasteiger partial charge in [-0.05, 0) is 82.4 Å². The van der Waals surface area contributed by atoms with Crippen molar-refractivity contribution in [3.8, 4) is 0 Å². The molecule has 0 saturated heterocycles. The predicted molar refractivity (Wildman–Crippen MR) is 253 cm³/mol. The lowest BCUT2D eigenvalue weighted by Gasteiger charge is -2.37. The van der Waals surface area contributed by atoms with Crippen molar-refractivity contribution in [2.75, 3.05) is 51.1 Å². The summed E-state index contributed by atoms with van der Waals surface area (Å²) in [4.78, 5) is 10.4. The quantitative estimate of drug-likeness (QED) is 0.0274. The molecule has 16 heteroatoms. The third-order valence-electron chi connectivity index (χ3n) is 9.24. The monoisotopic (exact) mass is 916 g/mol. The average Bonchev–Trinajstić information content (AvgIpc) is 3.86. The fraction of sp³-hybridized carbons (Fsp3) is 0.650. The topological polar surface area (TPSA) is 81.2 Å². The molecule has 0 spiro atoms. The van der Waals surface area contributed by atoms with Gasteiger partial charge in [-0.25, -0.2) is 9.97 Å². The van der Waals surface area contributed by atoms with E-state index in [0.29, 0.717) is 39.6 Å². The molecule has 0 bridgehead atoms. The van der Waals surface area contributed by atoms with E-state index < -0.39 is 17.6 Å². The molecule has 0 fully saturated rings. The Kier molecular flexibility index (Phi) is 22.7. The van der Waals surface area contributed by atoms with Gasteiger partial charge in [-0.15, -0.1) is 22.7 Å². The molecule has 4 aromatic rings. The maximum atomic E-state index is 6.69. The maximum absolute atomic E-state index is 6.69. The molecule has 4 rings (SSSR count). The number of thiazole rings is 2. The summed E-state index contributed by atoms with van der Waals surface area (Å²) in [7, 11) is 1.31. The Balaban J connectivity index is 1.55. The Bertz CT molecular complexity index is 1440. The molecule has 2 aromatic heterocycles. The fourth-order valence-electron chi connectivity index (χ4n) is 6.20. The van der Waals surface area contributed by atoms with E-state index >= 15 is 0 Å². The van der Waals surface area contributed by atoms with Crippen LogP contribution in [0.3, 0.4) is 0 Å². The second-order valence-electron chi connectivity index (χ2n) is 13.8. The van der Waals surface area contributed by atoms with Crippen LogP contribution in [0.15, 0.2) is 48.5 Å². The smallest absolute Gasteiger partial charge is 0.373 e. The Hall–Kier alpha value is -0.186. The van der Waals surface area contributed by atoms with Crippen LogP contribution < -0.4 is 0 Å². The molecule has 0 N–H and O–H groups in total. The summed E-state index contributed by atoms with van der Waals surface area (Å²) < 4.78 is 42.6. The standard InChI is InChI=1S/C40H64N2O6S6Si2/c1-9-23-43-55(44-24-10-2,45-25-11-3)31(7)33(39-41-35-19-15-17-21-37(35)51-39)29-49-53-54-50-30-34(40-42-36-20-16-18-22-38(36)52-40)32(8)56(46-26-12-4,47-27-13-5)48-28-14-6/h15-22,31-34H,9-14,23-30H2,1-8H3. The molecule has 0 aliphatic rings. The van der Waals surface area contributed by atoms with Gasteiger partial charge in [0.25, 0.3) is 0 Å². The summed E-state index contributed by atoms with van der Waals surface area (Å²) in [5.41, 5.74) is 2.16. The summed E-state index contributed by atoms with van der Waals surface area (Å²) in [6, 6.07) is 16.9. The van der Waals surface area contributed by atoms with E-state index in [0.717, 1.165) is 71.1 Å². The van der Waals surface area contributed by atoms with E-state index in [4.69, 9.17) is 36.5 Å². The first kappa shape index (κ1) is 48.5. The highest BCUT2D eigenvalue weighted by molar-refractivity contribution is 9.26. The Morgan fingerprint density at radius 2 is 0.804 bits per heavy atom. The first-order chi connectivity index (χ1) is 27.3. The number of para-hydroxylation sites is 2. The molecule has 2 heterocycles. The summed E-state index contributed by atoms with van der Waals surface area (Å²) in [5.74, 6) is 1.94. The van der Waals surface area contributed by atoms with Crippen molar-refractivity contribution in [3.05, 3.63) is 58.5 Å². The second-order valence-corrected chi connectivity index (χ2v) is 28.0. The van der Waals surface area contributed by atoms with Gasteiger partial charge in [-0.3, -0.25) is 0 Å². The molecule has 0 amide bonds. The zero-order valence-corrected chi connectivity index (χ0v) is 41.5. The fourth-order valence-corrected chi connectivity index (χ4v) is 22.5. The Morgan fingerprint density at radius 1 is 0.500 bits per heavy atom. The van der Waals surface area contributed by atoms with Crippen molar-refractivity contribution in [1.29, 1.82) is 0 Å². The van der Waals surface area contributed by atoms with Gasteiger partial charge in [-0.2, -0.15) is 0 Å². The molecule has 0 saturated carbocycles. The van der Waals surface area contributed by atoms with Crippen LogP contribution in [-0.2, 0) is 26.6 Å². The molecule has 4 atom stereocenters. The van der Waals surface area contributed by atoms with Crippen molar-refractivity contribution in [2.24, 2.45) is 0 Å². The normalized spacial score (nSPS) is 14.8. The number of nitrogens with zero attached hydrogens (tertiary/aromatic N) is 2. The third-order valence-corrected chi connectivity index (χ3v) is 24.8. The molecule has 56 heavy (non-hydrogen) atoms. The van der Waals surface area contributed by atoms with Gasteiger partial charge >= 0.3 is 17.6 Å². The zero-order chi connectivity index (χ0) is 40.2. The van der Waals surface area contributed by atoms with Crippen molar-refractivity contribution in [3.63, 3.8) is 0 Å². The Morgan fingerprint density at radius 3 is 1.09 bits per heavy atom. The second kappa shape index (κ2) is 26.2. The average molecular weight is 918 g/mol. The lowest BCUT2D eigenvalue weighted by molar-refractivity contribution is 0.0482. The van der Waals surface area contributed by atoms with Crippen molar-refractivity contribution in [2.45, 2.75) is 117 Å². The largest absolute Gasteiger partial charge is 0.504 e. The molecule has 4 unspecified atom stereocenters. The number of hydrogen-bond acceptors (Lipinski definition) is 14. The van der Waals surface area contributed by atoms with Gasteiger partial charge in [0.2, 0.25) is 0 Å². The van der Waals surface area contributed by atoms with Crippen molar-refractivity contribution in [1.82, 2.24) is 9.97 Å². The lowest BCUT2D eigenvalue weighted by Crippen LogP contribution is -2.52. The van der Waals surface area contributed by atoms with Crippen LogP contribution in [0.1, 0.15) is 116 Å². The molecule has 2 aromatic carbocycles. The van der Waals surface area contributed by atoms with E-state index in [-0.39, 0.29) is 22.9 Å². The number of benzene rings is 2. The number of aromatic nitrogens is 2. The third kappa shape index (κ3) is 13.7. The molecule has 0 aliphatic heterocycles. The predicted octanol–water partition coefficient (Wildman–Crippen LogP) is 13.7. The molecule has 0 radical (unpaired) electrons. The van der Waals surface area contributed by atoms with Gasteiger partial charge in [0.15, 0.2) is 0 Å². The highest BCUT2D eigenvalue weighted by Crippen LogP contribution is 2.52. The molecule has 0 aliphatic carbocycles. The summed E-state index contributed by atoms with van der Waals surface area (Å²) in [6.07, 6.45) is 5.48. The highest BCUT2D eigenvalue weighted by atomic mass is 33.7. The maximum Gasteiger partial charge on any atom is 0.504 e. The highest BCUT2D eigenvalue weighted by Gasteiger charge is 2.53. The van der Waals surface area contributed by atoms with Gasteiger partial charge in [0.1, 0.15) is 0 Å². The van der Waals surface area contributed by atoms with Crippen LogP contribution in [0.2, 0.25) is 11.1 Å². The van der Waals surface area contributed by atoms with Crippen molar-refractivity contribution < 1.29 is 26.6 Å². The Labute approximate surface area is 362 Å². The van der Waals surface area contributed by atoms with E-state index in [9.17, 15) is 0 Å². The zero-order valence-electron chi connectivity index (χ0n) is 34.6. The van der Waals surface area contributed by atoms with E-state index in [1.165, 1.54) is 9.40 Å². The van der Waals surface area contributed by atoms with E-state index in [2.05, 4.69) is 104 Å². The van der Waals surface area contributed by atoms with Crippen LogP contribution in [-0.4, -0.2) is 78.7 Å². The van der Waals surface area contributed by atoms with E-state index in [1.807, 2.05) is 41.2 Å². The van der Waals surface area contributed by atoms with Crippen LogP contribution in [0.4, 0.5) is 0 Å². The number of rotatable bonds is 31. The molecular formula is C40H64N2O6S6Si2. The summed E-state index contributed by atoms with van der Waals surface area (Å²) in [6.45, 7) is 21.2. The molecule has 314 valence electrons. The first-order valence-electron chi connectivity index (χ1n) is 20.4. The summed E-state index contributed by atoms with van der Waals surface area (Å²) in [5, 5.41) is 2.25.